The monoisotopic (exact) mass is 492 g/mol. The minimum absolute atomic E-state index is 0.151. The number of hydrogen-bond donors (Lipinski definition) is 0. The molecule has 1 heterocycles. The molecule has 4 nitrogen and oxygen atoms in total. The van der Waals surface area contributed by atoms with Crippen molar-refractivity contribution in [2.45, 2.75) is 105 Å². The van der Waals surface area contributed by atoms with Gasteiger partial charge in [-0.3, -0.25) is 9.59 Å². The van der Waals surface area contributed by atoms with Crippen molar-refractivity contribution in [1.82, 2.24) is 0 Å². The van der Waals surface area contributed by atoms with Gasteiger partial charge >= 0.3 is 11.9 Å². The third-order valence-corrected chi connectivity index (χ3v) is 7.50. The highest BCUT2D eigenvalue weighted by molar-refractivity contribution is 5.87. The maximum Gasteiger partial charge on any atom is 0.319 e. The van der Waals surface area contributed by atoms with Crippen LogP contribution >= 0.6 is 0 Å². The molecule has 2 aromatic rings. The van der Waals surface area contributed by atoms with E-state index in [-0.39, 0.29) is 23.3 Å². The van der Waals surface area contributed by atoms with Crippen LogP contribution < -0.4 is 4.74 Å². The number of ether oxygens (including phenoxy) is 2. The number of aryl methyl sites for hydroxylation is 3. The van der Waals surface area contributed by atoms with Gasteiger partial charge in [0.05, 0.1) is 12.5 Å². The number of hydrogen-bond acceptors (Lipinski definition) is 4. The predicted octanol–water partition coefficient (Wildman–Crippen LogP) is 7.54. The Labute approximate surface area is 217 Å². The smallest absolute Gasteiger partial charge is 0.319 e. The Kier molecular flexibility index (Phi) is 9.38. The third-order valence-electron chi connectivity index (χ3n) is 7.50. The molecule has 1 aliphatic heterocycles. The van der Waals surface area contributed by atoms with E-state index in [2.05, 4.69) is 78.8 Å². The SMILES string of the molecule is CCCCC(CC)COC(=O)CCc1cc2c(c(C(C)(C)C)c1)OC(=O)C2Cc1ccc(C)c(C)c1. The number of carbonyl (C=O) groups is 2. The first-order valence-electron chi connectivity index (χ1n) is 13.6. The summed E-state index contributed by atoms with van der Waals surface area (Å²) in [5.74, 6) is 0.466. The molecule has 0 fully saturated rings. The van der Waals surface area contributed by atoms with E-state index in [0.717, 1.165) is 41.5 Å². The second kappa shape index (κ2) is 12.1. The van der Waals surface area contributed by atoms with Gasteiger partial charge in [0.15, 0.2) is 0 Å². The van der Waals surface area contributed by atoms with Crippen molar-refractivity contribution in [3.63, 3.8) is 0 Å². The van der Waals surface area contributed by atoms with E-state index in [1.165, 1.54) is 17.5 Å². The minimum Gasteiger partial charge on any atom is -0.465 e. The normalized spacial score (nSPS) is 16.0. The number of carbonyl (C=O) groups excluding carboxylic acids is 2. The van der Waals surface area contributed by atoms with Gasteiger partial charge in [-0.25, -0.2) is 0 Å². The van der Waals surface area contributed by atoms with E-state index in [0.29, 0.717) is 37.5 Å². The van der Waals surface area contributed by atoms with E-state index in [9.17, 15) is 9.59 Å². The topological polar surface area (TPSA) is 52.6 Å². The second-order valence-corrected chi connectivity index (χ2v) is 11.5. The lowest BCUT2D eigenvalue weighted by Crippen LogP contribution is -2.15. The van der Waals surface area contributed by atoms with Crippen molar-refractivity contribution >= 4 is 11.9 Å². The maximum atomic E-state index is 13.0. The number of rotatable bonds is 11. The number of unbranched alkanes of at least 4 members (excludes halogenated alkanes) is 1. The van der Waals surface area contributed by atoms with Gasteiger partial charge in [-0.1, -0.05) is 84.2 Å². The van der Waals surface area contributed by atoms with Crippen LogP contribution in [-0.2, 0) is 32.6 Å². The molecule has 0 radical (unpaired) electrons. The van der Waals surface area contributed by atoms with Crippen LogP contribution in [0.15, 0.2) is 30.3 Å². The molecule has 0 bridgehead atoms. The molecule has 4 heteroatoms. The molecular formula is C32H44O4. The van der Waals surface area contributed by atoms with Gasteiger partial charge in [-0.05, 0) is 66.7 Å². The lowest BCUT2D eigenvalue weighted by atomic mass is 9.81. The molecule has 0 amide bonds. The molecular weight excluding hydrogens is 448 g/mol. The van der Waals surface area contributed by atoms with E-state index in [1.54, 1.807) is 0 Å². The van der Waals surface area contributed by atoms with Crippen molar-refractivity contribution in [1.29, 1.82) is 0 Å². The Morgan fingerprint density at radius 3 is 2.44 bits per heavy atom. The van der Waals surface area contributed by atoms with Crippen molar-refractivity contribution in [2.75, 3.05) is 6.61 Å². The molecule has 0 aromatic heterocycles. The summed E-state index contributed by atoms with van der Waals surface area (Å²) in [5, 5.41) is 0. The van der Waals surface area contributed by atoms with Crippen LogP contribution in [0.2, 0.25) is 0 Å². The average Bonchev–Trinajstić information content (AvgIpc) is 3.13. The molecule has 196 valence electrons. The fraction of sp³-hybridized carbons (Fsp3) is 0.562. The largest absolute Gasteiger partial charge is 0.465 e. The van der Waals surface area contributed by atoms with Crippen LogP contribution in [0.25, 0.3) is 0 Å². The van der Waals surface area contributed by atoms with Gasteiger partial charge in [0, 0.05) is 17.5 Å². The zero-order valence-electron chi connectivity index (χ0n) is 23.3. The molecule has 0 N–H and O–H groups in total. The third kappa shape index (κ3) is 6.99. The molecule has 36 heavy (non-hydrogen) atoms. The molecule has 2 unspecified atom stereocenters. The van der Waals surface area contributed by atoms with Gasteiger partial charge in [-0.15, -0.1) is 0 Å². The van der Waals surface area contributed by atoms with Crippen molar-refractivity contribution < 1.29 is 19.1 Å². The summed E-state index contributed by atoms with van der Waals surface area (Å²) in [6, 6.07) is 10.6. The van der Waals surface area contributed by atoms with Crippen molar-refractivity contribution in [2.24, 2.45) is 5.92 Å². The average molecular weight is 493 g/mol. The molecule has 0 spiro atoms. The Morgan fingerprint density at radius 1 is 1.06 bits per heavy atom. The van der Waals surface area contributed by atoms with Crippen LogP contribution in [-0.4, -0.2) is 18.5 Å². The van der Waals surface area contributed by atoms with E-state index in [4.69, 9.17) is 9.47 Å². The Morgan fingerprint density at radius 2 is 1.81 bits per heavy atom. The molecule has 0 aliphatic carbocycles. The minimum atomic E-state index is -0.334. The summed E-state index contributed by atoms with van der Waals surface area (Å²) in [4.78, 5) is 25.5. The summed E-state index contributed by atoms with van der Waals surface area (Å²) >= 11 is 0. The second-order valence-electron chi connectivity index (χ2n) is 11.5. The molecule has 2 aromatic carbocycles. The van der Waals surface area contributed by atoms with Crippen LogP contribution in [0, 0.1) is 19.8 Å². The summed E-state index contributed by atoms with van der Waals surface area (Å²) < 4.78 is 11.5. The van der Waals surface area contributed by atoms with Crippen LogP contribution in [0.1, 0.15) is 106 Å². The zero-order chi connectivity index (χ0) is 26.5. The predicted molar refractivity (Wildman–Crippen MR) is 146 cm³/mol. The first-order valence-corrected chi connectivity index (χ1v) is 13.6. The highest BCUT2D eigenvalue weighted by Crippen LogP contribution is 2.44. The van der Waals surface area contributed by atoms with Gasteiger partial charge in [-0.2, -0.15) is 0 Å². The maximum absolute atomic E-state index is 13.0. The van der Waals surface area contributed by atoms with Crippen LogP contribution in [0.4, 0.5) is 0 Å². The van der Waals surface area contributed by atoms with E-state index >= 15 is 0 Å². The lowest BCUT2D eigenvalue weighted by molar-refractivity contribution is -0.145. The summed E-state index contributed by atoms with van der Waals surface area (Å²) in [6.45, 7) is 15.4. The summed E-state index contributed by atoms with van der Waals surface area (Å²) in [7, 11) is 0. The van der Waals surface area contributed by atoms with Crippen LogP contribution in [0.5, 0.6) is 5.75 Å². The van der Waals surface area contributed by atoms with Crippen molar-refractivity contribution in [3.8, 4) is 5.75 Å². The molecule has 3 rings (SSSR count). The summed E-state index contributed by atoms with van der Waals surface area (Å²) in [5.41, 5.74) is 6.42. The van der Waals surface area contributed by atoms with E-state index < -0.39 is 0 Å². The van der Waals surface area contributed by atoms with E-state index in [1.807, 2.05) is 0 Å². The first-order chi connectivity index (χ1) is 17.0. The lowest BCUT2D eigenvalue weighted by Gasteiger charge is -2.23. The fourth-order valence-corrected chi connectivity index (χ4v) is 4.87. The van der Waals surface area contributed by atoms with Gasteiger partial charge in [0.25, 0.3) is 0 Å². The number of esters is 2. The standard InChI is InChI=1S/C32H44O4/c1-8-10-11-23(9-2)20-35-29(33)15-14-25-17-26-27(18-24-13-12-21(3)22(4)16-24)31(34)36-30(26)28(19-25)32(5,6)7/h12-13,16-17,19,23,27H,8-11,14-15,18,20H2,1-7H3. The molecule has 2 atom stereocenters. The fourth-order valence-electron chi connectivity index (χ4n) is 4.87. The Hall–Kier alpha value is -2.62. The Bertz CT molecular complexity index is 1080. The number of benzene rings is 2. The van der Waals surface area contributed by atoms with Gasteiger partial charge < -0.3 is 9.47 Å². The first kappa shape index (κ1) is 28.0. The molecule has 1 aliphatic rings. The summed E-state index contributed by atoms with van der Waals surface area (Å²) in [6.07, 6.45) is 6.01. The quantitative estimate of drug-likeness (QED) is 0.240. The highest BCUT2D eigenvalue weighted by atomic mass is 16.5. The molecule has 0 saturated heterocycles. The van der Waals surface area contributed by atoms with Crippen molar-refractivity contribution in [3.05, 3.63) is 63.7 Å². The Balaban J connectivity index is 1.78. The molecule has 0 saturated carbocycles. The van der Waals surface area contributed by atoms with Gasteiger partial charge in [0.2, 0.25) is 0 Å². The highest BCUT2D eigenvalue weighted by Gasteiger charge is 2.37. The number of fused-ring (bicyclic) bond motifs is 1. The van der Waals surface area contributed by atoms with Gasteiger partial charge in [0.1, 0.15) is 5.75 Å². The van der Waals surface area contributed by atoms with Crippen LogP contribution in [0.3, 0.4) is 0 Å². The zero-order valence-corrected chi connectivity index (χ0v) is 23.3.